The zero-order chi connectivity index (χ0) is 13.8. The summed E-state index contributed by atoms with van der Waals surface area (Å²) < 4.78 is 13.0. The molecule has 0 aliphatic rings. The Labute approximate surface area is 109 Å². The van der Waals surface area contributed by atoms with Crippen molar-refractivity contribution in [1.29, 1.82) is 0 Å². The van der Waals surface area contributed by atoms with Crippen LogP contribution in [0, 0.1) is 5.82 Å². The zero-order valence-corrected chi connectivity index (χ0v) is 11.7. The summed E-state index contributed by atoms with van der Waals surface area (Å²) in [6.07, 6.45) is 1.92. The molecule has 0 heterocycles. The number of halogens is 1. The van der Waals surface area contributed by atoms with E-state index in [-0.39, 0.29) is 17.4 Å². The van der Waals surface area contributed by atoms with Crippen LogP contribution in [-0.4, -0.2) is 24.5 Å². The number of nitrogens with zero attached hydrogens (tertiary/aromatic N) is 1. The number of nitrogens with two attached hydrogens (primary N) is 1. The number of nitrogens with one attached hydrogen (secondary N) is 1. The van der Waals surface area contributed by atoms with Crippen LogP contribution < -0.4 is 11.3 Å². The van der Waals surface area contributed by atoms with Gasteiger partial charge in [-0.05, 0) is 44.6 Å². The molecule has 1 unspecified atom stereocenters. The molecule has 0 aliphatic carbocycles. The van der Waals surface area contributed by atoms with Gasteiger partial charge in [-0.25, -0.2) is 4.39 Å². The fourth-order valence-corrected chi connectivity index (χ4v) is 2.77. The Balaban J connectivity index is 3.17. The average Bonchev–Trinajstić information content (AvgIpc) is 2.37. The Morgan fingerprint density at radius 1 is 1.22 bits per heavy atom. The van der Waals surface area contributed by atoms with Crippen LogP contribution in [0.2, 0.25) is 0 Å². The monoisotopic (exact) mass is 253 g/mol. The van der Waals surface area contributed by atoms with E-state index in [0.29, 0.717) is 0 Å². The van der Waals surface area contributed by atoms with Crippen LogP contribution in [0.5, 0.6) is 0 Å². The summed E-state index contributed by atoms with van der Waals surface area (Å²) in [5.74, 6) is 5.52. The Hall–Kier alpha value is -0.970. The number of rotatable bonds is 6. The first-order valence-electron chi connectivity index (χ1n) is 6.40. The molecule has 1 rings (SSSR count). The lowest BCUT2D eigenvalue weighted by atomic mass is 9.80. The van der Waals surface area contributed by atoms with Gasteiger partial charge in [-0.2, -0.15) is 0 Å². The van der Waals surface area contributed by atoms with E-state index >= 15 is 0 Å². The zero-order valence-electron chi connectivity index (χ0n) is 11.7. The number of hydrogen-bond donors (Lipinski definition) is 2. The van der Waals surface area contributed by atoms with Crippen molar-refractivity contribution in [2.75, 3.05) is 14.1 Å². The fourth-order valence-electron chi connectivity index (χ4n) is 2.77. The van der Waals surface area contributed by atoms with E-state index in [1.54, 1.807) is 12.1 Å². The first-order chi connectivity index (χ1) is 8.51. The lowest BCUT2D eigenvalue weighted by Crippen LogP contribution is -2.54. The van der Waals surface area contributed by atoms with Crippen molar-refractivity contribution >= 4 is 0 Å². The van der Waals surface area contributed by atoms with Crippen LogP contribution in [0.1, 0.15) is 38.3 Å². The highest BCUT2D eigenvalue weighted by Gasteiger charge is 2.38. The standard InChI is InChI=1S/C14H24FN3/c1-5-14(6-2,18(3)4)13(17-16)11-7-9-12(15)10-8-11/h7-10,13,17H,5-6,16H2,1-4H3. The second-order valence-corrected chi connectivity index (χ2v) is 4.86. The summed E-state index contributed by atoms with van der Waals surface area (Å²) in [5.41, 5.74) is 3.83. The van der Waals surface area contributed by atoms with Crippen molar-refractivity contribution in [2.45, 2.75) is 38.3 Å². The minimum absolute atomic E-state index is 0.0249. The highest BCUT2D eigenvalue weighted by atomic mass is 19.1. The molecule has 0 bridgehead atoms. The minimum atomic E-state index is -0.224. The number of hydrogen-bond acceptors (Lipinski definition) is 3. The molecule has 0 aliphatic heterocycles. The van der Waals surface area contributed by atoms with Crippen LogP contribution in [-0.2, 0) is 0 Å². The Bertz CT molecular complexity index is 358. The summed E-state index contributed by atoms with van der Waals surface area (Å²) in [6, 6.07) is 6.52. The molecule has 4 heteroatoms. The van der Waals surface area contributed by atoms with Gasteiger partial charge in [0.2, 0.25) is 0 Å². The molecule has 0 amide bonds. The summed E-state index contributed by atoms with van der Waals surface area (Å²) >= 11 is 0. The molecule has 0 saturated heterocycles. The lowest BCUT2D eigenvalue weighted by molar-refractivity contribution is 0.0881. The Morgan fingerprint density at radius 3 is 2.06 bits per heavy atom. The molecule has 1 atom stereocenters. The van der Waals surface area contributed by atoms with Gasteiger partial charge in [0.25, 0.3) is 0 Å². The number of benzene rings is 1. The van der Waals surface area contributed by atoms with Gasteiger partial charge < -0.3 is 4.90 Å². The van der Waals surface area contributed by atoms with E-state index < -0.39 is 0 Å². The first-order valence-corrected chi connectivity index (χ1v) is 6.40. The van der Waals surface area contributed by atoms with Gasteiger partial charge in [0, 0.05) is 5.54 Å². The molecule has 3 N–H and O–H groups in total. The summed E-state index contributed by atoms with van der Waals surface area (Å²) in [4.78, 5) is 2.20. The van der Waals surface area contributed by atoms with E-state index in [0.717, 1.165) is 18.4 Å². The average molecular weight is 253 g/mol. The van der Waals surface area contributed by atoms with Gasteiger partial charge in [-0.3, -0.25) is 11.3 Å². The van der Waals surface area contributed by atoms with Crippen LogP contribution in [0.25, 0.3) is 0 Å². The normalized spacial score (nSPS) is 13.9. The third-order valence-corrected chi connectivity index (χ3v) is 4.02. The van der Waals surface area contributed by atoms with Crippen molar-refractivity contribution in [3.63, 3.8) is 0 Å². The van der Waals surface area contributed by atoms with Crippen molar-refractivity contribution in [1.82, 2.24) is 10.3 Å². The van der Waals surface area contributed by atoms with E-state index in [1.807, 2.05) is 0 Å². The van der Waals surface area contributed by atoms with Gasteiger partial charge in [0.15, 0.2) is 0 Å². The number of likely N-dealkylation sites (N-methyl/N-ethyl adjacent to an activating group) is 1. The Kier molecular flexibility index (Phi) is 5.26. The fraction of sp³-hybridized carbons (Fsp3) is 0.571. The van der Waals surface area contributed by atoms with Crippen molar-refractivity contribution in [2.24, 2.45) is 5.84 Å². The highest BCUT2D eigenvalue weighted by Crippen LogP contribution is 2.35. The van der Waals surface area contributed by atoms with E-state index in [9.17, 15) is 4.39 Å². The second-order valence-electron chi connectivity index (χ2n) is 4.86. The summed E-state index contributed by atoms with van der Waals surface area (Å²) in [6.45, 7) is 4.30. The summed E-state index contributed by atoms with van der Waals surface area (Å²) in [7, 11) is 4.11. The predicted molar refractivity (Wildman–Crippen MR) is 73.5 cm³/mol. The van der Waals surface area contributed by atoms with Crippen molar-refractivity contribution < 1.29 is 4.39 Å². The first kappa shape index (κ1) is 15.1. The maximum absolute atomic E-state index is 13.0. The maximum atomic E-state index is 13.0. The molecule has 0 spiro atoms. The molecule has 0 saturated carbocycles. The minimum Gasteiger partial charge on any atom is -0.302 e. The number of hydrazine groups is 1. The van der Waals surface area contributed by atoms with Gasteiger partial charge in [-0.15, -0.1) is 0 Å². The quantitative estimate of drug-likeness (QED) is 0.604. The van der Waals surface area contributed by atoms with Gasteiger partial charge >= 0.3 is 0 Å². The SMILES string of the molecule is CCC(CC)(C(NN)c1ccc(F)cc1)N(C)C. The molecule has 0 radical (unpaired) electrons. The smallest absolute Gasteiger partial charge is 0.123 e. The molecule has 1 aromatic carbocycles. The van der Waals surface area contributed by atoms with Crippen LogP contribution in [0.15, 0.2) is 24.3 Å². The second kappa shape index (κ2) is 6.27. The van der Waals surface area contributed by atoms with Gasteiger partial charge in [0.05, 0.1) is 6.04 Å². The largest absolute Gasteiger partial charge is 0.302 e. The highest BCUT2D eigenvalue weighted by molar-refractivity contribution is 5.24. The third-order valence-electron chi connectivity index (χ3n) is 4.02. The molecule has 0 aromatic heterocycles. The third kappa shape index (κ3) is 2.71. The molecule has 18 heavy (non-hydrogen) atoms. The molecule has 1 aromatic rings. The van der Waals surface area contributed by atoms with Crippen LogP contribution in [0.3, 0.4) is 0 Å². The Morgan fingerprint density at radius 2 is 1.72 bits per heavy atom. The summed E-state index contributed by atoms with van der Waals surface area (Å²) in [5, 5.41) is 0. The lowest BCUT2D eigenvalue weighted by Gasteiger charge is -2.45. The topological polar surface area (TPSA) is 41.3 Å². The van der Waals surface area contributed by atoms with Crippen LogP contribution >= 0.6 is 0 Å². The molecule has 3 nitrogen and oxygen atoms in total. The van der Waals surface area contributed by atoms with Gasteiger partial charge in [0.1, 0.15) is 5.82 Å². The van der Waals surface area contributed by atoms with E-state index in [2.05, 4.69) is 38.3 Å². The predicted octanol–water partition coefficient (Wildman–Crippen LogP) is 2.45. The maximum Gasteiger partial charge on any atom is 0.123 e. The van der Waals surface area contributed by atoms with Gasteiger partial charge in [-0.1, -0.05) is 26.0 Å². The molecule has 102 valence electrons. The molecular formula is C14H24FN3. The van der Waals surface area contributed by atoms with E-state index in [4.69, 9.17) is 5.84 Å². The molecular weight excluding hydrogens is 229 g/mol. The van der Waals surface area contributed by atoms with Crippen LogP contribution in [0.4, 0.5) is 4.39 Å². The van der Waals surface area contributed by atoms with Crippen molar-refractivity contribution in [3.05, 3.63) is 35.6 Å². The van der Waals surface area contributed by atoms with E-state index in [1.165, 1.54) is 12.1 Å². The molecule has 0 fully saturated rings. The van der Waals surface area contributed by atoms with Crippen molar-refractivity contribution in [3.8, 4) is 0 Å².